The van der Waals surface area contributed by atoms with Gasteiger partial charge in [-0.25, -0.2) is 4.98 Å². The molecule has 1 aromatic carbocycles. The molecule has 0 saturated carbocycles. The molecule has 1 aliphatic heterocycles. The lowest BCUT2D eigenvalue weighted by atomic mass is 9.93. The number of imide groups is 1. The monoisotopic (exact) mass is 880 g/mol. The number of unbranched alkanes of at least 4 members (excludes halogenated alkanes) is 3. The van der Waals surface area contributed by atoms with Crippen molar-refractivity contribution >= 4 is 52.7 Å². The normalized spacial score (nSPS) is 15.5. The molecular weight excluding hydrogens is 813 g/mol. The van der Waals surface area contributed by atoms with E-state index >= 15 is 0 Å². The molecule has 1 aromatic heterocycles. The van der Waals surface area contributed by atoms with Crippen LogP contribution in [0.1, 0.15) is 126 Å². The number of carboxylic acid groups (broad SMARTS) is 1. The summed E-state index contributed by atoms with van der Waals surface area (Å²) in [6, 6.07) is 7.93. The zero-order valence-electron chi connectivity index (χ0n) is 37.8. The number of rotatable bonds is 28. The molecule has 0 saturated heterocycles. The lowest BCUT2D eigenvalue weighted by molar-refractivity contribution is -0.142. The molecule has 0 bridgehead atoms. The number of aliphatic carboxylic acids is 1. The summed E-state index contributed by atoms with van der Waals surface area (Å²) in [6.45, 7) is 12.0. The van der Waals surface area contributed by atoms with Crippen LogP contribution in [-0.4, -0.2) is 118 Å². The number of hydrogen-bond donors (Lipinski definition) is 3. The van der Waals surface area contributed by atoms with Crippen molar-refractivity contribution in [2.75, 3.05) is 33.8 Å². The number of nitrogens with zero attached hydrogens (tertiary/aromatic N) is 4. The van der Waals surface area contributed by atoms with E-state index in [-0.39, 0.29) is 66.6 Å². The fourth-order valence-electron chi connectivity index (χ4n) is 7.45. The van der Waals surface area contributed by atoms with Crippen molar-refractivity contribution in [3.05, 3.63) is 64.1 Å². The van der Waals surface area contributed by atoms with Crippen LogP contribution in [0.5, 0.6) is 0 Å². The van der Waals surface area contributed by atoms with Gasteiger partial charge in [-0.3, -0.25) is 38.5 Å². The number of likely N-dealkylation sites (N-methyl/N-ethyl adjacent to an activating group) is 1. The molecule has 62 heavy (non-hydrogen) atoms. The van der Waals surface area contributed by atoms with Gasteiger partial charge >= 0.3 is 5.97 Å². The number of hydrogen-bond acceptors (Lipinski definition) is 10. The van der Waals surface area contributed by atoms with Crippen molar-refractivity contribution in [2.24, 2.45) is 17.8 Å². The summed E-state index contributed by atoms with van der Waals surface area (Å²) in [5.41, 5.74) is 1.16. The number of carboxylic acids is 1. The topological polar surface area (TPSA) is 196 Å². The third-order valence-corrected chi connectivity index (χ3v) is 12.5. The first-order valence-corrected chi connectivity index (χ1v) is 22.8. The molecule has 15 nitrogen and oxygen atoms in total. The molecule has 0 unspecified atom stereocenters. The van der Waals surface area contributed by atoms with E-state index < -0.39 is 41.9 Å². The Hall–Kier alpha value is -4.96. The predicted molar refractivity (Wildman–Crippen MR) is 238 cm³/mol. The molecule has 2 aromatic rings. The summed E-state index contributed by atoms with van der Waals surface area (Å²) < 4.78 is 5.92. The van der Waals surface area contributed by atoms with Crippen LogP contribution in [0.15, 0.2) is 47.9 Å². The van der Waals surface area contributed by atoms with Gasteiger partial charge in [-0.1, -0.05) is 91.1 Å². The van der Waals surface area contributed by atoms with E-state index in [1.54, 1.807) is 36.3 Å². The van der Waals surface area contributed by atoms with Crippen LogP contribution in [0, 0.1) is 17.8 Å². The Balaban J connectivity index is 1.67. The summed E-state index contributed by atoms with van der Waals surface area (Å²) >= 11 is 1.27. The molecular formula is C46H68N6O9S. The maximum Gasteiger partial charge on any atom is 0.306 e. The second-order valence-electron chi connectivity index (χ2n) is 16.7. The molecule has 3 N–H and O–H groups in total. The Labute approximate surface area is 371 Å². The Kier molecular flexibility index (Phi) is 21.4. The van der Waals surface area contributed by atoms with Crippen LogP contribution in [-0.2, 0) is 39.9 Å². The van der Waals surface area contributed by atoms with Crippen LogP contribution >= 0.6 is 11.3 Å². The number of thiazole rings is 1. The lowest BCUT2D eigenvalue weighted by Gasteiger charge is -2.37. The number of carbonyl (C=O) groups is 7. The van der Waals surface area contributed by atoms with Gasteiger partial charge in [0.05, 0.1) is 12.5 Å². The predicted octanol–water partition coefficient (Wildman–Crippen LogP) is 5.80. The second-order valence-corrected chi connectivity index (χ2v) is 17.6. The molecule has 342 valence electrons. The molecule has 0 aliphatic carbocycles. The largest absolute Gasteiger partial charge is 0.481 e. The average Bonchev–Trinajstić information content (AvgIpc) is 3.87. The maximum absolute atomic E-state index is 14.3. The molecule has 6 amide bonds. The third kappa shape index (κ3) is 15.7. The molecule has 0 fully saturated rings. The van der Waals surface area contributed by atoms with Crippen LogP contribution in [0.2, 0.25) is 0 Å². The summed E-state index contributed by atoms with van der Waals surface area (Å²) in [5, 5.41) is 17.7. The van der Waals surface area contributed by atoms with E-state index in [4.69, 9.17) is 4.74 Å². The molecule has 2 heterocycles. The summed E-state index contributed by atoms with van der Waals surface area (Å²) in [5.74, 6) is -3.77. The Morgan fingerprint density at radius 3 is 2.19 bits per heavy atom. The van der Waals surface area contributed by atoms with E-state index in [0.29, 0.717) is 63.0 Å². The molecule has 3 rings (SSSR count). The molecule has 6 atom stereocenters. The van der Waals surface area contributed by atoms with Gasteiger partial charge in [-0.05, 0) is 49.5 Å². The lowest BCUT2D eigenvalue weighted by Crippen LogP contribution is -2.55. The molecule has 0 radical (unpaired) electrons. The number of amides is 6. The number of nitrogens with one attached hydrogen (secondary N) is 2. The van der Waals surface area contributed by atoms with Crippen LogP contribution in [0.3, 0.4) is 0 Å². The summed E-state index contributed by atoms with van der Waals surface area (Å²) in [4.78, 5) is 99.2. The van der Waals surface area contributed by atoms with Gasteiger partial charge < -0.3 is 30.3 Å². The Morgan fingerprint density at radius 1 is 0.919 bits per heavy atom. The highest BCUT2D eigenvalue weighted by molar-refractivity contribution is 7.09. The minimum absolute atomic E-state index is 0.0252. The Morgan fingerprint density at radius 2 is 1.60 bits per heavy atom. The van der Waals surface area contributed by atoms with Gasteiger partial charge in [-0.15, -0.1) is 11.3 Å². The van der Waals surface area contributed by atoms with Crippen LogP contribution < -0.4 is 10.6 Å². The van der Waals surface area contributed by atoms with Gasteiger partial charge in [0.2, 0.25) is 17.7 Å². The molecule has 1 aliphatic rings. The van der Waals surface area contributed by atoms with Crippen LogP contribution in [0.4, 0.5) is 0 Å². The van der Waals surface area contributed by atoms with Crippen molar-refractivity contribution in [1.29, 1.82) is 0 Å². The van der Waals surface area contributed by atoms with Crippen molar-refractivity contribution < 1.29 is 43.4 Å². The first-order valence-electron chi connectivity index (χ1n) is 21.9. The SMILES string of the molecule is CCCCN(CC(=O)N[C@H](C(=O)N(C)[C@H](C[C@@H](OC)c1nc(C(=O)N[C@@H](Cc2ccccc2)C[C@H](C)C(=O)O)cs1)C(C)C)[C@@H](C)CC)C(=O)CCCCCN1C(=O)C=CC1=O. The highest BCUT2D eigenvalue weighted by Crippen LogP contribution is 2.30. The second kappa shape index (κ2) is 25.8. The zero-order valence-corrected chi connectivity index (χ0v) is 38.6. The number of methoxy groups -OCH3 is 1. The van der Waals surface area contributed by atoms with E-state index in [1.165, 1.54) is 28.4 Å². The fraction of sp³-hybridized carbons (Fsp3) is 0.609. The van der Waals surface area contributed by atoms with E-state index in [9.17, 15) is 38.7 Å². The zero-order chi connectivity index (χ0) is 45.9. The maximum atomic E-state index is 14.3. The summed E-state index contributed by atoms with van der Waals surface area (Å²) in [6.07, 6.45) is 7.14. The van der Waals surface area contributed by atoms with Crippen molar-refractivity contribution in [1.82, 2.24) is 30.3 Å². The standard InChI is InChI=1S/C46H68N6O9S/c1-9-11-23-51(39(54)20-16-13-17-24-52-40(55)21-22-41(52)56)28-38(53)49-42(31(5)10-2)45(58)50(7)36(30(3)4)27-37(61-8)44-48-35(29-62-44)43(57)47-34(25-32(6)46(59)60)26-33-18-14-12-15-19-33/h12,14-15,18-19,21-22,29-32,34,36-37,42H,9-11,13,16-17,20,23-28H2,1-8H3,(H,47,57)(H,49,53)(H,59,60)/t31-,32-,34+,36+,37+,42-/m0/s1. The van der Waals surface area contributed by atoms with Crippen molar-refractivity contribution in [2.45, 2.75) is 130 Å². The first-order chi connectivity index (χ1) is 29.5. The van der Waals surface area contributed by atoms with Gasteiger partial charge in [0, 0.05) is 69.7 Å². The average molecular weight is 881 g/mol. The number of carbonyl (C=O) groups excluding carboxylic acids is 6. The number of ether oxygens (including phenoxy) is 1. The molecule has 16 heteroatoms. The number of benzene rings is 1. The smallest absolute Gasteiger partial charge is 0.306 e. The van der Waals surface area contributed by atoms with Gasteiger partial charge in [-0.2, -0.15) is 0 Å². The fourth-order valence-corrected chi connectivity index (χ4v) is 8.33. The van der Waals surface area contributed by atoms with Gasteiger partial charge in [0.1, 0.15) is 22.8 Å². The number of aromatic nitrogens is 1. The molecule has 0 spiro atoms. The minimum Gasteiger partial charge on any atom is -0.481 e. The first kappa shape index (κ1) is 51.4. The van der Waals surface area contributed by atoms with E-state index in [0.717, 1.165) is 12.0 Å². The van der Waals surface area contributed by atoms with Gasteiger partial charge in [0.25, 0.3) is 17.7 Å². The minimum atomic E-state index is -0.939. The quantitative estimate of drug-likeness (QED) is 0.0695. The van der Waals surface area contributed by atoms with Crippen LogP contribution in [0.25, 0.3) is 0 Å². The Bertz CT molecular complexity index is 1820. The summed E-state index contributed by atoms with van der Waals surface area (Å²) in [7, 11) is 3.27. The highest BCUT2D eigenvalue weighted by atomic mass is 32.1. The van der Waals surface area contributed by atoms with Gasteiger partial charge in [0.15, 0.2) is 0 Å². The van der Waals surface area contributed by atoms with Crippen molar-refractivity contribution in [3.8, 4) is 0 Å². The van der Waals surface area contributed by atoms with E-state index in [1.807, 2.05) is 65.0 Å². The highest BCUT2D eigenvalue weighted by Gasteiger charge is 2.35. The van der Waals surface area contributed by atoms with E-state index in [2.05, 4.69) is 15.6 Å². The van der Waals surface area contributed by atoms with Crippen molar-refractivity contribution in [3.63, 3.8) is 0 Å². The third-order valence-electron chi connectivity index (χ3n) is 11.5.